The van der Waals surface area contributed by atoms with Gasteiger partial charge >= 0.3 is 5.97 Å². The molecule has 0 unspecified atom stereocenters. The third-order valence-corrected chi connectivity index (χ3v) is 5.47. The number of carboxylic acid groups (broad SMARTS) is 1. The maximum Gasteiger partial charge on any atom is 0.337 e. The fourth-order valence-electron chi connectivity index (χ4n) is 4.19. The number of esters is 1. The van der Waals surface area contributed by atoms with E-state index in [4.69, 9.17) is 4.74 Å². The molecule has 2 aliphatic rings. The molecule has 0 spiro atoms. The number of fused-ring (bicyclic) bond motifs is 3. The summed E-state index contributed by atoms with van der Waals surface area (Å²) in [5.74, 6) is -0.821. The first-order chi connectivity index (χ1) is 13.1. The minimum absolute atomic E-state index is 0.0766. The van der Waals surface area contributed by atoms with E-state index < -0.39 is 5.97 Å². The second-order valence-electron chi connectivity index (χ2n) is 7.06. The minimum atomic E-state index is -1.07. The molecular formula is C22H20NO4-. The summed E-state index contributed by atoms with van der Waals surface area (Å²) in [4.78, 5) is 22.6. The van der Waals surface area contributed by atoms with Crippen LogP contribution in [0.5, 0.6) is 0 Å². The molecule has 0 amide bonds. The Bertz CT molecular complexity index is 916. The summed E-state index contributed by atoms with van der Waals surface area (Å²) in [7, 11) is 1.37. The van der Waals surface area contributed by atoms with Crippen LogP contribution in [0.4, 0.5) is 5.69 Å². The molecule has 1 aliphatic heterocycles. The summed E-state index contributed by atoms with van der Waals surface area (Å²) in [5.41, 5.74) is 4.56. The molecule has 27 heavy (non-hydrogen) atoms. The first-order valence-corrected chi connectivity index (χ1v) is 9.01. The lowest BCUT2D eigenvalue weighted by molar-refractivity contribution is -0.304. The van der Waals surface area contributed by atoms with Gasteiger partial charge in [-0.25, -0.2) is 4.79 Å². The summed E-state index contributed by atoms with van der Waals surface area (Å²) in [6.07, 6.45) is 5.27. The lowest BCUT2D eigenvalue weighted by atomic mass is 9.76. The number of hydrogen-bond acceptors (Lipinski definition) is 5. The van der Waals surface area contributed by atoms with Crippen LogP contribution in [0.25, 0.3) is 0 Å². The predicted molar refractivity (Wildman–Crippen MR) is 99.3 cm³/mol. The van der Waals surface area contributed by atoms with E-state index in [0.717, 1.165) is 28.8 Å². The Morgan fingerprint density at radius 2 is 1.96 bits per heavy atom. The number of carbonyl (C=O) groups excluding carboxylic acids is 2. The fourth-order valence-corrected chi connectivity index (χ4v) is 4.19. The van der Waals surface area contributed by atoms with Gasteiger partial charge in [0.1, 0.15) is 0 Å². The molecule has 1 aliphatic carbocycles. The lowest BCUT2D eigenvalue weighted by Gasteiger charge is -2.38. The maximum absolute atomic E-state index is 11.7. The van der Waals surface area contributed by atoms with E-state index in [1.165, 1.54) is 7.11 Å². The molecule has 0 aromatic heterocycles. The third-order valence-electron chi connectivity index (χ3n) is 5.47. The number of methoxy groups -OCH3 is 1. The van der Waals surface area contributed by atoms with Crippen LogP contribution < -0.4 is 10.4 Å². The minimum Gasteiger partial charge on any atom is -0.550 e. The van der Waals surface area contributed by atoms with E-state index in [-0.39, 0.29) is 24.3 Å². The van der Waals surface area contributed by atoms with Gasteiger partial charge in [0.2, 0.25) is 0 Å². The summed E-state index contributed by atoms with van der Waals surface area (Å²) in [5, 5.41) is 14.5. The first-order valence-electron chi connectivity index (χ1n) is 9.01. The van der Waals surface area contributed by atoms with Crippen molar-refractivity contribution < 1.29 is 19.4 Å². The largest absolute Gasteiger partial charge is 0.550 e. The molecule has 0 fully saturated rings. The number of allylic oxidation sites excluding steroid dienone is 2. The number of carboxylic acids is 1. The molecule has 3 atom stereocenters. The topological polar surface area (TPSA) is 78.5 Å². The van der Waals surface area contributed by atoms with E-state index >= 15 is 0 Å². The van der Waals surface area contributed by atoms with Crippen LogP contribution in [0.3, 0.4) is 0 Å². The van der Waals surface area contributed by atoms with Crippen LogP contribution >= 0.6 is 0 Å². The van der Waals surface area contributed by atoms with Crippen LogP contribution in [0.1, 0.15) is 45.4 Å². The standard InChI is InChI=1S/C22H21NO4/c1-27-22(26)15-8-6-14(7-9-15)21-17-4-2-3-16(17)18-11-13(12-20(24)25)5-10-19(18)23-21/h2-3,5-11,16-17,21,23H,4,12H2,1H3,(H,24,25)/p-1/t16-,17+,21-/m0/s1. The monoisotopic (exact) mass is 362 g/mol. The summed E-state index contributed by atoms with van der Waals surface area (Å²) < 4.78 is 4.77. The van der Waals surface area contributed by atoms with E-state index in [0.29, 0.717) is 11.5 Å². The van der Waals surface area contributed by atoms with E-state index in [1.807, 2.05) is 30.3 Å². The molecule has 1 N–H and O–H groups in total. The zero-order chi connectivity index (χ0) is 19.0. The Kier molecular flexibility index (Phi) is 4.44. The third kappa shape index (κ3) is 3.21. The quantitative estimate of drug-likeness (QED) is 0.668. The Balaban J connectivity index is 1.66. The molecule has 1 heterocycles. The van der Waals surface area contributed by atoms with Crippen molar-refractivity contribution in [2.75, 3.05) is 12.4 Å². The zero-order valence-electron chi connectivity index (χ0n) is 15.0. The molecule has 0 saturated carbocycles. The van der Waals surface area contributed by atoms with Crippen molar-refractivity contribution in [2.24, 2.45) is 5.92 Å². The maximum atomic E-state index is 11.7. The van der Waals surface area contributed by atoms with Crippen LogP contribution in [0.2, 0.25) is 0 Å². The molecule has 0 bridgehead atoms. The van der Waals surface area contributed by atoms with Gasteiger partial charge in [0.15, 0.2) is 0 Å². The Morgan fingerprint density at radius 3 is 2.67 bits per heavy atom. The molecular weight excluding hydrogens is 342 g/mol. The summed E-state index contributed by atoms with van der Waals surface area (Å²) >= 11 is 0. The second-order valence-corrected chi connectivity index (χ2v) is 7.06. The molecule has 2 aromatic rings. The van der Waals surface area contributed by atoms with Gasteiger partial charge in [-0.05, 0) is 47.2 Å². The SMILES string of the molecule is COC(=O)c1ccc([C@@H]2Nc3ccc(CC(=O)[O-])cc3[C@H]3C=CC[C@H]32)cc1. The second kappa shape index (κ2) is 6.91. The number of ether oxygens (including phenoxy) is 1. The number of rotatable bonds is 4. The van der Waals surface area contributed by atoms with Gasteiger partial charge < -0.3 is 20.0 Å². The zero-order valence-corrected chi connectivity index (χ0v) is 15.0. The van der Waals surface area contributed by atoms with Crippen LogP contribution in [-0.4, -0.2) is 19.0 Å². The van der Waals surface area contributed by atoms with E-state index in [2.05, 4.69) is 17.5 Å². The number of carbonyl (C=O) groups is 2. The summed E-state index contributed by atoms with van der Waals surface area (Å²) in [6, 6.07) is 13.4. The van der Waals surface area contributed by atoms with Crippen molar-refractivity contribution in [2.45, 2.75) is 24.8 Å². The van der Waals surface area contributed by atoms with Gasteiger partial charge in [-0.1, -0.05) is 36.4 Å². The van der Waals surface area contributed by atoms with Crippen LogP contribution in [-0.2, 0) is 16.0 Å². The summed E-state index contributed by atoms with van der Waals surface area (Å²) in [6.45, 7) is 0. The van der Waals surface area contributed by atoms with Gasteiger partial charge in [-0.3, -0.25) is 0 Å². The Labute approximate surface area is 157 Å². The normalized spacial score (nSPS) is 22.5. The van der Waals surface area contributed by atoms with Crippen molar-refractivity contribution in [3.05, 3.63) is 76.9 Å². The van der Waals surface area contributed by atoms with Crippen LogP contribution in [0.15, 0.2) is 54.6 Å². The molecule has 5 heteroatoms. The van der Waals surface area contributed by atoms with Crippen molar-refractivity contribution in [3.63, 3.8) is 0 Å². The molecule has 138 valence electrons. The number of hydrogen-bond donors (Lipinski definition) is 1. The van der Waals surface area contributed by atoms with Gasteiger partial charge in [-0.15, -0.1) is 0 Å². The van der Waals surface area contributed by atoms with Gasteiger partial charge in [-0.2, -0.15) is 0 Å². The number of benzene rings is 2. The lowest BCUT2D eigenvalue weighted by Crippen LogP contribution is -2.29. The van der Waals surface area contributed by atoms with Crippen molar-refractivity contribution in [3.8, 4) is 0 Å². The Hall–Kier alpha value is -3.08. The number of aliphatic carboxylic acids is 1. The van der Waals surface area contributed by atoms with Gasteiger partial charge in [0.25, 0.3) is 0 Å². The number of anilines is 1. The van der Waals surface area contributed by atoms with Crippen molar-refractivity contribution in [1.82, 2.24) is 0 Å². The van der Waals surface area contributed by atoms with Crippen LogP contribution in [0, 0.1) is 5.92 Å². The Morgan fingerprint density at radius 1 is 1.19 bits per heavy atom. The molecule has 4 rings (SSSR count). The fraction of sp³-hybridized carbons (Fsp3) is 0.273. The van der Waals surface area contributed by atoms with Gasteiger partial charge in [0.05, 0.1) is 18.7 Å². The predicted octanol–water partition coefficient (Wildman–Crippen LogP) is 2.59. The van der Waals surface area contributed by atoms with Crippen molar-refractivity contribution in [1.29, 1.82) is 0 Å². The molecule has 0 radical (unpaired) electrons. The highest BCUT2D eigenvalue weighted by molar-refractivity contribution is 5.89. The smallest absolute Gasteiger partial charge is 0.337 e. The van der Waals surface area contributed by atoms with Gasteiger partial charge in [0, 0.05) is 24.0 Å². The molecule has 2 aromatic carbocycles. The van der Waals surface area contributed by atoms with Crippen molar-refractivity contribution >= 4 is 17.6 Å². The highest BCUT2D eigenvalue weighted by Gasteiger charge is 2.37. The highest BCUT2D eigenvalue weighted by atomic mass is 16.5. The first kappa shape index (κ1) is 17.3. The average molecular weight is 362 g/mol. The van der Waals surface area contributed by atoms with E-state index in [9.17, 15) is 14.7 Å². The molecule has 5 nitrogen and oxygen atoms in total. The van der Waals surface area contributed by atoms with E-state index in [1.54, 1.807) is 12.1 Å². The number of nitrogens with one attached hydrogen (secondary N) is 1. The molecule has 0 saturated heterocycles. The highest BCUT2D eigenvalue weighted by Crippen LogP contribution is 2.49. The average Bonchev–Trinajstić information content (AvgIpc) is 3.17.